The molecule has 1 heterocycles. The summed E-state index contributed by atoms with van der Waals surface area (Å²) in [7, 11) is 1.72. The van der Waals surface area contributed by atoms with Crippen molar-refractivity contribution in [2.24, 2.45) is 0 Å². The largest absolute Gasteiger partial charge is 0.333 e. The Morgan fingerprint density at radius 1 is 1.14 bits per heavy atom. The molecular formula is C14H15ClN4O2. The molecular weight excluding hydrogens is 292 g/mol. The zero-order valence-corrected chi connectivity index (χ0v) is 13.0. The van der Waals surface area contributed by atoms with E-state index in [0.717, 1.165) is 16.8 Å². The zero-order valence-electron chi connectivity index (χ0n) is 12.2. The van der Waals surface area contributed by atoms with Gasteiger partial charge in [-0.3, -0.25) is 10.1 Å². The fourth-order valence-electron chi connectivity index (χ4n) is 2.23. The van der Waals surface area contributed by atoms with Crippen molar-refractivity contribution in [2.75, 3.05) is 11.9 Å². The minimum Gasteiger partial charge on any atom is -0.324 e. The van der Waals surface area contributed by atoms with Gasteiger partial charge in [0.1, 0.15) is 5.69 Å². The van der Waals surface area contributed by atoms with Crippen molar-refractivity contribution in [1.29, 1.82) is 0 Å². The molecule has 0 atom stereocenters. The molecule has 0 aliphatic carbocycles. The van der Waals surface area contributed by atoms with Gasteiger partial charge in [0.25, 0.3) is 0 Å². The molecule has 1 aromatic carbocycles. The van der Waals surface area contributed by atoms with Gasteiger partial charge in [-0.2, -0.15) is 4.98 Å². The summed E-state index contributed by atoms with van der Waals surface area (Å²) >= 11 is 5.85. The lowest BCUT2D eigenvalue weighted by atomic mass is 10.1. The number of aryl methyl sites for hydroxylation is 3. The van der Waals surface area contributed by atoms with Gasteiger partial charge in [-0.15, -0.1) is 0 Å². The third kappa shape index (κ3) is 3.11. The third-order valence-corrected chi connectivity index (χ3v) is 3.28. The number of rotatable bonds is 3. The quantitative estimate of drug-likeness (QED) is 0.491. The molecule has 0 saturated carbocycles. The number of hydrogen-bond acceptors (Lipinski definition) is 5. The number of halogens is 1. The Balaban J connectivity index is 2.62. The van der Waals surface area contributed by atoms with Crippen LogP contribution in [-0.4, -0.2) is 21.9 Å². The Labute approximate surface area is 127 Å². The number of hydrogen-bond donors (Lipinski definition) is 0. The molecule has 110 valence electrons. The first-order valence-electron chi connectivity index (χ1n) is 6.30. The maximum Gasteiger partial charge on any atom is 0.333 e. The first-order valence-corrected chi connectivity index (χ1v) is 6.68. The van der Waals surface area contributed by atoms with E-state index in [1.165, 1.54) is 0 Å². The van der Waals surface area contributed by atoms with Crippen molar-refractivity contribution >= 4 is 28.8 Å². The summed E-state index contributed by atoms with van der Waals surface area (Å²) in [6, 6.07) is 5.90. The van der Waals surface area contributed by atoms with Crippen LogP contribution < -0.4 is 4.90 Å². The molecule has 6 nitrogen and oxygen atoms in total. The van der Waals surface area contributed by atoms with E-state index in [4.69, 9.17) is 11.6 Å². The summed E-state index contributed by atoms with van der Waals surface area (Å²) in [4.78, 5) is 20.3. The molecule has 1 aromatic heterocycles. The van der Waals surface area contributed by atoms with Gasteiger partial charge in [0.2, 0.25) is 11.1 Å². The van der Waals surface area contributed by atoms with Crippen LogP contribution in [0.15, 0.2) is 18.2 Å². The lowest BCUT2D eigenvalue weighted by Gasteiger charge is -2.19. The van der Waals surface area contributed by atoms with Crippen molar-refractivity contribution in [3.05, 3.63) is 50.4 Å². The first-order chi connectivity index (χ1) is 9.79. The number of nitrogens with zero attached hydrogens (tertiary/aromatic N) is 4. The fraction of sp³-hybridized carbons (Fsp3) is 0.286. The molecule has 0 fully saturated rings. The van der Waals surface area contributed by atoms with Crippen molar-refractivity contribution in [2.45, 2.75) is 20.8 Å². The van der Waals surface area contributed by atoms with E-state index in [1.807, 2.05) is 32.0 Å². The molecule has 0 aliphatic rings. The second kappa shape index (κ2) is 5.65. The highest BCUT2D eigenvalue weighted by Gasteiger charge is 2.25. The van der Waals surface area contributed by atoms with E-state index >= 15 is 0 Å². The van der Waals surface area contributed by atoms with Gasteiger partial charge >= 0.3 is 5.69 Å². The first kappa shape index (κ1) is 15.2. The molecule has 0 bridgehead atoms. The van der Waals surface area contributed by atoms with Crippen LogP contribution >= 0.6 is 11.6 Å². The lowest BCUT2D eigenvalue weighted by molar-refractivity contribution is -0.385. The van der Waals surface area contributed by atoms with Crippen molar-refractivity contribution in [1.82, 2.24) is 9.97 Å². The van der Waals surface area contributed by atoms with Gasteiger partial charge in [0.15, 0.2) is 0 Å². The van der Waals surface area contributed by atoms with Gasteiger partial charge in [-0.05, 0) is 55.6 Å². The molecule has 0 N–H and O–H groups in total. The van der Waals surface area contributed by atoms with E-state index in [2.05, 4.69) is 9.97 Å². The molecule has 2 rings (SSSR count). The molecule has 0 unspecified atom stereocenters. The highest BCUT2D eigenvalue weighted by Crippen LogP contribution is 2.33. The number of anilines is 2. The summed E-state index contributed by atoms with van der Waals surface area (Å²) in [6.07, 6.45) is 0. The van der Waals surface area contributed by atoms with Gasteiger partial charge < -0.3 is 4.90 Å². The van der Waals surface area contributed by atoms with Crippen LogP contribution in [0.25, 0.3) is 0 Å². The SMILES string of the molecule is Cc1cc(C)cc(N(C)c2nc(Cl)nc(C)c2[N+](=O)[O-])c1. The Bertz CT molecular complexity index is 698. The molecule has 21 heavy (non-hydrogen) atoms. The molecule has 2 aromatic rings. The molecule has 7 heteroatoms. The van der Waals surface area contributed by atoms with Crippen molar-refractivity contribution < 1.29 is 4.92 Å². The van der Waals surface area contributed by atoms with Crippen LogP contribution in [0.2, 0.25) is 5.28 Å². The van der Waals surface area contributed by atoms with E-state index in [-0.39, 0.29) is 22.5 Å². The van der Waals surface area contributed by atoms with Crippen LogP contribution in [0.4, 0.5) is 17.2 Å². The number of aromatic nitrogens is 2. The Morgan fingerprint density at radius 3 is 2.24 bits per heavy atom. The van der Waals surface area contributed by atoms with Crippen LogP contribution in [0.5, 0.6) is 0 Å². The van der Waals surface area contributed by atoms with E-state index in [0.29, 0.717) is 0 Å². The Hall–Kier alpha value is -2.21. The topological polar surface area (TPSA) is 72.2 Å². The minimum atomic E-state index is -0.486. The van der Waals surface area contributed by atoms with Gasteiger partial charge in [0, 0.05) is 12.7 Å². The lowest BCUT2D eigenvalue weighted by Crippen LogP contribution is -2.15. The van der Waals surface area contributed by atoms with Crippen LogP contribution in [0.3, 0.4) is 0 Å². The zero-order chi connectivity index (χ0) is 15.7. The smallest absolute Gasteiger partial charge is 0.324 e. The van der Waals surface area contributed by atoms with Gasteiger partial charge in [-0.1, -0.05) is 6.07 Å². The monoisotopic (exact) mass is 306 g/mol. The molecule has 0 amide bonds. The molecule has 0 radical (unpaired) electrons. The van der Waals surface area contributed by atoms with Crippen molar-refractivity contribution in [3.8, 4) is 0 Å². The van der Waals surface area contributed by atoms with E-state index < -0.39 is 4.92 Å². The molecule has 0 aliphatic heterocycles. The third-order valence-electron chi connectivity index (χ3n) is 3.11. The predicted molar refractivity (Wildman–Crippen MR) is 82.4 cm³/mol. The summed E-state index contributed by atoms with van der Waals surface area (Å²) in [5.41, 5.74) is 3.05. The van der Waals surface area contributed by atoms with E-state index in [1.54, 1.807) is 18.9 Å². The average molecular weight is 307 g/mol. The summed E-state index contributed by atoms with van der Waals surface area (Å²) in [5, 5.41) is 11.3. The Kier molecular flexibility index (Phi) is 4.09. The van der Waals surface area contributed by atoms with Crippen molar-refractivity contribution in [3.63, 3.8) is 0 Å². The number of benzene rings is 1. The standard InChI is InChI=1S/C14H15ClN4O2/c1-8-5-9(2)7-11(6-8)18(4)13-12(19(20)21)10(3)16-14(15)17-13/h5-7H,1-4H3. The van der Waals surface area contributed by atoms with Crippen LogP contribution in [-0.2, 0) is 0 Å². The average Bonchev–Trinajstić information content (AvgIpc) is 2.35. The second-order valence-corrected chi connectivity index (χ2v) is 5.25. The number of nitro groups is 1. The minimum absolute atomic E-state index is 0.00988. The molecule has 0 spiro atoms. The van der Waals surface area contributed by atoms with Gasteiger partial charge in [-0.25, -0.2) is 4.98 Å². The maximum absolute atomic E-state index is 11.3. The van der Waals surface area contributed by atoms with Gasteiger partial charge in [0.05, 0.1) is 4.92 Å². The predicted octanol–water partition coefficient (Wildman–Crippen LogP) is 3.73. The molecule has 0 saturated heterocycles. The normalized spacial score (nSPS) is 10.5. The highest BCUT2D eigenvalue weighted by molar-refractivity contribution is 6.28. The van der Waals surface area contributed by atoms with E-state index in [9.17, 15) is 10.1 Å². The second-order valence-electron chi connectivity index (χ2n) is 4.91. The maximum atomic E-state index is 11.3. The summed E-state index contributed by atoms with van der Waals surface area (Å²) in [5.74, 6) is 0.183. The van der Waals surface area contributed by atoms with Crippen LogP contribution in [0.1, 0.15) is 16.8 Å². The summed E-state index contributed by atoms with van der Waals surface area (Å²) < 4.78 is 0. The summed E-state index contributed by atoms with van der Waals surface area (Å²) in [6.45, 7) is 5.48. The highest BCUT2D eigenvalue weighted by atomic mass is 35.5. The van der Waals surface area contributed by atoms with Crippen LogP contribution in [0, 0.1) is 30.9 Å². The fourth-order valence-corrected chi connectivity index (χ4v) is 2.44. The Morgan fingerprint density at radius 2 is 1.71 bits per heavy atom.